The lowest BCUT2D eigenvalue weighted by Crippen LogP contribution is -2.28. The largest absolute Gasteiger partial charge is 0.490 e. The van der Waals surface area contributed by atoms with Crippen molar-refractivity contribution in [2.24, 2.45) is 0 Å². The average Bonchev–Trinajstić information content (AvgIpc) is 3.20. The minimum Gasteiger partial charge on any atom is -0.490 e. The second-order valence-corrected chi connectivity index (χ2v) is 9.93. The molecule has 1 atom stereocenters. The Labute approximate surface area is 190 Å². The van der Waals surface area contributed by atoms with E-state index in [1.165, 1.54) is 10.6 Å². The smallest absolute Gasteiger partial charge is 0.251 e. The molecule has 0 aliphatic carbocycles. The Balaban J connectivity index is 1.74. The van der Waals surface area contributed by atoms with Crippen LogP contribution in [0.5, 0.6) is 11.5 Å². The van der Waals surface area contributed by atoms with E-state index < -0.39 is 10.0 Å². The highest BCUT2D eigenvalue weighted by atomic mass is 32.2. The Morgan fingerprint density at radius 3 is 2.41 bits per heavy atom. The zero-order valence-electron chi connectivity index (χ0n) is 19.2. The molecule has 1 unspecified atom stereocenters. The molecule has 174 valence electrons. The van der Waals surface area contributed by atoms with Crippen LogP contribution < -0.4 is 19.1 Å². The lowest BCUT2D eigenvalue weighted by atomic mass is 10.1. The molecular formula is C24H32N2O5S. The van der Waals surface area contributed by atoms with Crippen molar-refractivity contribution in [2.45, 2.75) is 46.1 Å². The van der Waals surface area contributed by atoms with Gasteiger partial charge in [-0.15, -0.1) is 0 Å². The molecule has 7 nitrogen and oxygen atoms in total. The molecule has 0 radical (unpaired) electrons. The van der Waals surface area contributed by atoms with Crippen LogP contribution in [0.25, 0.3) is 0 Å². The fraction of sp³-hybridized carbons (Fsp3) is 0.458. The number of fused-ring (bicyclic) bond motifs is 1. The number of carbonyl (C=O) groups is 1. The Kier molecular flexibility index (Phi) is 7.66. The number of nitrogens with zero attached hydrogens (tertiary/aromatic N) is 1. The number of carbonyl (C=O) groups excluding carboxylic acids is 1. The first-order valence-electron chi connectivity index (χ1n) is 11.1. The van der Waals surface area contributed by atoms with Crippen molar-refractivity contribution in [3.8, 4) is 11.5 Å². The molecule has 1 amide bonds. The Bertz CT molecular complexity index is 1070. The third-order valence-corrected chi connectivity index (χ3v) is 6.51. The van der Waals surface area contributed by atoms with E-state index in [1.807, 2.05) is 32.0 Å². The van der Waals surface area contributed by atoms with Crippen molar-refractivity contribution < 1.29 is 22.7 Å². The lowest BCUT2D eigenvalue weighted by molar-refractivity contribution is 0.0939. The minimum atomic E-state index is -3.31. The minimum absolute atomic E-state index is 0.208. The molecule has 1 N–H and O–H groups in total. The van der Waals surface area contributed by atoms with Crippen LogP contribution in [0.1, 0.15) is 61.1 Å². The normalized spacial score (nSPS) is 14.1. The SMILES string of the molecule is CCCOc1ccc(C(C)NC(=O)c2ccc3c(c2)CCN3S(C)(=O)=O)cc1OCCC. The van der Waals surface area contributed by atoms with E-state index in [0.29, 0.717) is 48.9 Å². The summed E-state index contributed by atoms with van der Waals surface area (Å²) in [6, 6.07) is 10.6. The molecule has 3 rings (SSSR count). The number of hydrogen-bond acceptors (Lipinski definition) is 5. The van der Waals surface area contributed by atoms with Crippen LogP contribution in [0, 0.1) is 0 Å². The van der Waals surface area contributed by atoms with Gasteiger partial charge in [0.05, 0.1) is 31.2 Å². The van der Waals surface area contributed by atoms with Crippen molar-refractivity contribution in [2.75, 3.05) is 30.3 Å². The number of amides is 1. The number of nitrogens with one attached hydrogen (secondary N) is 1. The highest BCUT2D eigenvalue weighted by Crippen LogP contribution is 2.32. The Morgan fingerprint density at radius 1 is 1.06 bits per heavy atom. The van der Waals surface area contributed by atoms with Crippen molar-refractivity contribution in [3.63, 3.8) is 0 Å². The quantitative estimate of drug-likeness (QED) is 0.578. The Morgan fingerprint density at radius 2 is 1.75 bits per heavy atom. The monoisotopic (exact) mass is 460 g/mol. The fourth-order valence-electron chi connectivity index (χ4n) is 3.67. The van der Waals surface area contributed by atoms with Crippen LogP contribution in [0.4, 0.5) is 5.69 Å². The zero-order valence-corrected chi connectivity index (χ0v) is 20.0. The van der Waals surface area contributed by atoms with Gasteiger partial charge in [-0.1, -0.05) is 19.9 Å². The molecule has 1 aliphatic rings. The lowest BCUT2D eigenvalue weighted by Gasteiger charge is -2.19. The van der Waals surface area contributed by atoms with E-state index in [2.05, 4.69) is 12.2 Å². The van der Waals surface area contributed by atoms with E-state index in [-0.39, 0.29) is 11.9 Å². The summed E-state index contributed by atoms with van der Waals surface area (Å²) in [6.45, 7) is 7.63. The molecule has 0 saturated heterocycles. The van der Waals surface area contributed by atoms with Crippen molar-refractivity contribution in [3.05, 3.63) is 53.1 Å². The molecule has 1 aliphatic heterocycles. The van der Waals surface area contributed by atoms with Gasteiger partial charge in [-0.3, -0.25) is 9.10 Å². The maximum atomic E-state index is 12.9. The fourth-order valence-corrected chi connectivity index (χ4v) is 4.63. The summed E-state index contributed by atoms with van der Waals surface area (Å²) in [5.41, 5.74) is 2.94. The Hall–Kier alpha value is -2.74. The van der Waals surface area contributed by atoms with E-state index in [1.54, 1.807) is 18.2 Å². The van der Waals surface area contributed by atoms with Crippen LogP contribution in [-0.2, 0) is 16.4 Å². The number of sulfonamides is 1. The van der Waals surface area contributed by atoms with Crippen molar-refractivity contribution in [1.29, 1.82) is 0 Å². The molecule has 0 spiro atoms. The van der Waals surface area contributed by atoms with Gasteiger partial charge in [-0.2, -0.15) is 0 Å². The molecule has 2 aromatic rings. The summed E-state index contributed by atoms with van der Waals surface area (Å²) in [4.78, 5) is 12.9. The molecule has 2 aromatic carbocycles. The average molecular weight is 461 g/mol. The maximum Gasteiger partial charge on any atom is 0.251 e. The van der Waals surface area contributed by atoms with E-state index in [4.69, 9.17) is 9.47 Å². The van der Waals surface area contributed by atoms with Gasteiger partial charge in [0.2, 0.25) is 10.0 Å². The number of anilines is 1. The number of hydrogen-bond donors (Lipinski definition) is 1. The van der Waals surface area contributed by atoms with Gasteiger partial charge in [-0.05, 0) is 67.6 Å². The second kappa shape index (κ2) is 10.3. The summed E-state index contributed by atoms with van der Waals surface area (Å²) in [7, 11) is -3.31. The molecule has 0 aromatic heterocycles. The summed E-state index contributed by atoms with van der Waals surface area (Å²) in [5, 5.41) is 3.02. The third-order valence-electron chi connectivity index (χ3n) is 5.33. The number of ether oxygens (including phenoxy) is 2. The van der Waals surface area contributed by atoms with Crippen molar-refractivity contribution >= 4 is 21.6 Å². The number of benzene rings is 2. The summed E-state index contributed by atoms with van der Waals surface area (Å²) in [6.07, 6.45) is 3.58. The molecule has 32 heavy (non-hydrogen) atoms. The predicted molar refractivity (Wildman–Crippen MR) is 126 cm³/mol. The van der Waals surface area contributed by atoms with Gasteiger partial charge in [0, 0.05) is 12.1 Å². The second-order valence-electron chi connectivity index (χ2n) is 8.03. The summed E-state index contributed by atoms with van der Waals surface area (Å²) >= 11 is 0. The van der Waals surface area contributed by atoms with Crippen LogP contribution >= 0.6 is 0 Å². The first kappa shape index (κ1) is 23.9. The summed E-state index contributed by atoms with van der Waals surface area (Å²) in [5.74, 6) is 1.18. The standard InChI is InChI=1S/C24H32N2O5S/c1-5-13-30-22-10-8-18(16-23(22)31-14-6-2)17(3)25-24(27)20-7-9-21-19(15-20)11-12-26(21)32(4,28)29/h7-10,15-17H,5-6,11-14H2,1-4H3,(H,25,27). The van der Waals surface area contributed by atoms with Gasteiger partial charge < -0.3 is 14.8 Å². The molecule has 0 saturated carbocycles. The molecule has 1 heterocycles. The molecular weight excluding hydrogens is 428 g/mol. The first-order valence-corrected chi connectivity index (χ1v) is 12.9. The topological polar surface area (TPSA) is 84.9 Å². The highest BCUT2D eigenvalue weighted by molar-refractivity contribution is 7.92. The van der Waals surface area contributed by atoms with Crippen molar-refractivity contribution in [1.82, 2.24) is 5.32 Å². The van der Waals surface area contributed by atoms with E-state index in [0.717, 1.165) is 24.0 Å². The van der Waals surface area contributed by atoms with Gasteiger partial charge >= 0.3 is 0 Å². The van der Waals surface area contributed by atoms with Gasteiger partial charge in [-0.25, -0.2) is 8.42 Å². The van der Waals surface area contributed by atoms with Crippen LogP contribution in [-0.4, -0.2) is 40.3 Å². The van der Waals surface area contributed by atoms with Gasteiger partial charge in [0.25, 0.3) is 5.91 Å². The predicted octanol–water partition coefficient (Wildman–Crippen LogP) is 4.08. The van der Waals surface area contributed by atoms with Crippen LogP contribution in [0.15, 0.2) is 36.4 Å². The summed E-state index contributed by atoms with van der Waals surface area (Å²) < 4.78 is 36.9. The molecule has 0 fully saturated rings. The van der Waals surface area contributed by atoms with Gasteiger partial charge in [0.15, 0.2) is 11.5 Å². The number of rotatable bonds is 10. The molecule has 0 bridgehead atoms. The van der Waals surface area contributed by atoms with Crippen LogP contribution in [0.3, 0.4) is 0 Å². The highest BCUT2D eigenvalue weighted by Gasteiger charge is 2.27. The third kappa shape index (κ3) is 5.54. The molecule has 8 heteroatoms. The van der Waals surface area contributed by atoms with Crippen LogP contribution in [0.2, 0.25) is 0 Å². The van der Waals surface area contributed by atoms with Gasteiger partial charge in [0.1, 0.15) is 0 Å². The maximum absolute atomic E-state index is 12.9. The van der Waals surface area contributed by atoms with E-state index >= 15 is 0 Å². The van der Waals surface area contributed by atoms with E-state index in [9.17, 15) is 13.2 Å². The first-order chi connectivity index (χ1) is 15.2. The zero-order chi connectivity index (χ0) is 23.3.